The second kappa shape index (κ2) is 6.04. The molecule has 3 heterocycles. The van der Waals surface area contributed by atoms with Gasteiger partial charge in [-0.2, -0.15) is 0 Å². The van der Waals surface area contributed by atoms with Gasteiger partial charge in [-0.15, -0.1) is 11.3 Å². The summed E-state index contributed by atoms with van der Waals surface area (Å²) in [4.78, 5) is 31.6. The summed E-state index contributed by atoms with van der Waals surface area (Å²) in [6.07, 6.45) is 5.77. The third-order valence-electron chi connectivity index (χ3n) is 4.13. The van der Waals surface area contributed by atoms with Crippen molar-refractivity contribution in [1.29, 1.82) is 0 Å². The van der Waals surface area contributed by atoms with Crippen molar-refractivity contribution in [2.24, 2.45) is 0 Å². The normalized spacial score (nSPS) is 17.9. The fourth-order valence-corrected chi connectivity index (χ4v) is 3.76. The number of hydrogen-bond acceptors (Lipinski definition) is 4. The first-order valence-corrected chi connectivity index (χ1v) is 8.27. The molecule has 0 N–H and O–H groups in total. The molecule has 0 bridgehead atoms. The lowest BCUT2D eigenvalue weighted by molar-refractivity contribution is 0.0728. The Morgan fingerprint density at radius 1 is 1.36 bits per heavy atom. The van der Waals surface area contributed by atoms with Crippen LogP contribution in [0.4, 0.5) is 0 Å². The van der Waals surface area contributed by atoms with Gasteiger partial charge in [0.05, 0.1) is 15.8 Å². The molecule has 3 rings (SSSR count). The van der Waals surface area contributed by atoms with Gasteiger partial charge in [0, 0.05) is 25.5 Å². The Morgan fingerprint density at radius 3 is 2.77 bits per heavy atom. The van der Waals surface area contributed by atoms with E-state index in [1.54, 1.807) is 18.3 Å². The predicted octanol–water partition coefficient (Wildman–Crippen LogP) is 2.76. The standard InChI is InChI=1S/C16H19N3O2S/c1-11(20)14-5-6-15(22-14)16(21)19-8-3-4-13(19)10-18-9-7-17-12(18)2/h5-7,9,13H,3-4,8,10H2,1-2H3. The van der Waals surface area contributed by atoms with Gasteiger partial charge in [0.25, 0.3) is 5.91 Å². The van der Waals surface area contributed by atoms with Gasteiger partial charge in [0.15, 0.2) is 5.78 Å². The second-order valence-electron chi connectivity index (χ2n) is 5.64. The molecule has 1 aliphatic heterocycles. The molecule has 22 heavy (non-hydrogen) atoms. The summed E-state index contributed by atoms with van der Waals surface area (Å²) in [6.45, 7) is 5.06. The van der Waals surface area contributed by atoms with Gasteiger partial charge in [-0.25, -0.2) is 4.98 Å². The van der Waals surface area contributed by atoms with Crippen molar-refractivity contribution < 1.29 is 9.59 Å². The van der Waals surface area contributed by atoms with Gasteiger partial charge in [-0.1, -0.05) is 0 Å². The fraction of sp³-hybridized carbons (Fsp3) is 0.438. The number of likely N-dealkylation sites (tertiary alicyclic amines) is 1. The number of aromatic nitrogens is 2. The Kier molecular flexibility index (Phi) is 4.11. The molecule has 0 saturated carbocycles. The Hall–Kier alpha value is -1.95. The molecule has 1 fully saturated rings. The number of hydrogen-bond donors (Lipinski definition) is 0. The predicted molar refractivity (Wildman–Crippen MR) is 85.3 cm³/mol. The summed E-state index contributed by atoms with van der Waals surface area (Å²) in [6, 6.07) is 3.70. The van der Waals surface area contributed by atoms with Crippen molar-refractivity contribution in [3.05, 3.63) is 40.1 Å². The van der Waals surface area contributed by atoms with Gasteiger partial charge in [0.1, 0.15) is 5.82 Å². The van der Waals surface area contributed by atoms with Gasteiger partial charge in [-0.05, 0) is 38.8 Å². The lowest BCUT2D eigenvalue weighted by Gasteiger charge is -2.25. The molecule has 1 atom stereocenters. The van der Waals surface area contributed by atoms with E-state index in [9.17, 15) is 9.59 Å². The monoisotopic (exact) mass is 317 g/mol. The zero-order valence-corrected chi connectivity index (χ0v) is 13.6. The Bertz CT molecular complexity index is 704. The van der Waals surface area contributed by atoms with Crippen LogP contribution >= 0.6 is 11.3 Å². The zero-order valence-electron chi connectivity index (χ0n) is 12.8. The Labute approximate surface area is 133 Å². The number of carbonyl (C=O) groups excluding carboxylic acids is 2. The molecule has 5 nitrogen and oxygen atoms in total. The van der Waals surface area contributed by atoms with E-state index in [2.05, 4.69) is 9.55 Å². The first-order valence-electron chi connectivity index (χ1n) is 7.45. The highest BCUT2D eigenvalue weighted by molar-refractivity contribution is 7.15. The van der Waals surface area contributed by atoms with Crippen LogP contribution in [0.2, 0.25) is 0 Å². The van der Waals surface area contributed by atoms with Crippen molar-refractivity contribution in [3.8, 4) is 0 Å². The summed E-state index contributed by atoms with van der Waals surface area (Å²) in [5, 5.41) is 0. The summed E-state index contributed by atoms with van der Waals surface area (Å²) in [7, 11) is 0. The van der Waals surface area contributed by atoms with E-state index >= 15 is 0 Å². The number of carbonyl (C=O) groups is 2. The number of amides is 1. The molecule has 6 heteroatoms. The molecule has 2 aromatic heterocycles. The first-order chi connectivity index (χ1) is 10.6. The lowest BCUT2D eigenvalue weighted by atomic mass is 10.2. The van der Waals surface area contributed by atoms with Crippen LogP contribution in [0, 0.1) is 6.92 Å². The van der Waals surface area contributed by atoms with Gasteiger partial charge in [0.2, 0.25) is 0 Å². The molecule has 116 valence electrons. The topological polar surface area (TPSA) is 55.2 Å². The second-order valence-corrected chi connectivity index (χ2v) is 6.73. The van der Waals surface area contributed by atoms with E-state index in [0.717, 1.165) is 31.8 Å². The van der Waals surface area contributed by atoms with Crippen LogP contribution in [0.3, 0.4) is 0 Å². The molecular formula is C16H19N3O2S. The van der Waals surface area contributed by atoms with E-state index < -0.39 is 0 Å². The number of rotatable bonds is 4. The highest BCUT2D eigenvalue weighted by atomic mass is 32.1. The van der Waals surface area contributed by atoms with Crippen LogP contribution in [-0.4, -0.2) is 38.7 Å². The number of nitrogens with zero attached hydrogens (tertiary/aromatic N) is 3. The molecule has 0 spiro atoms. The van der Waals surface area contributed by atoms with Crippen LogP contribution < -0.4 is 0 Å². The number of ketones is 1. The first kappa shape index (κ1) is 15.0. The van der Waals surface area contributed by atoms with Crippen molar-refractivity contribution >= 4 is 23.0 Å². The fourth-order valence-electron chi connectivity index (χ4n) is 2.90. The third-order valence-corrected chi connectivity index (χ3v) is 5.31. The molecule has 1 aliphatic rings. The van der Waals surface area contributed by atoms with E-state index in [0.29, 0.717) is 9.75 Å². The van der Waals surface area contributed by atoms with Gasteiger partial charge in [-0.3, -0.25) is 9.59 Å². The molecular weight excluding hydrogens is 298 g/mol. The molecule has 0 aliphatic carbocycles. The smallest absolute Gasteiger partial charge is 0.264 e. The van der Waals surface area contributed by atoms with E-state index in [1.165, 1.54) is 18.3 Å². The third kappa shape index (κ3) is 2.83. The minimum Gasteiger partial charge on any atom is -0.333 e. The largest absolute Gasteiger partial charge is 0.333 e. The summed E-state index contributed by atoms with van der Waals surface area (Å²) < 4.78 is 2.09. The summed E-state index contributed by atoms with van der Waals surface area (Å²) in [5.74, 6) is 1.02. The Morgan fingerprint density at radius 2 is 2.14 bits per heavy atom. The molecule has 0 aromatic carbocycles. The SMILES string of the molecule is CC(=O)c1ccc(C(=O)N2CCCC2Cn2ccnc2C)s1. The number of Topliss-reactive ketones (excluding diaryl/α,β-unsaturated/α-hetero) is 1. The van der Waals surface area contributed by atoms with Gasteiger partial charge >= 0.3 is 0 Å². The molecule has 1 amide bonds. The highest BCUT2D eigenvalue weighted by Gasteiger charge is 2.30. The average Bonchev–Trinajstić information content (AvgIpc) is 3.20. The van der Waals surface area contributed by atoms with Crippen molar-refractivity contribution in [2.45, 2.75) is 39.3 Å². The summed E-state index contributed by atoms with van der Waals surface area (Å²) in [5.41, 5.74) is 0. The molecule has 1 unspecified atom stereocenters. The lowest BCUT2D eigenvalue weighted by Crippen LogP contribution is -2.37. The van der Waals surface area contributed by atoms with E-state index in [-0.39, 0.29) is 17.7 Å². The number of thiophene rings is 1. The number of aryl methyl sites for hydroxylation is 1. The maximum absolute atomic E-state index is 12.7. The molecule has 1 saturated heterocycles. The van der Waals surface area contributed by atoms with Crippen LogP contribution in [0.1, 0.15) is 44.9 Å². The van der Waals surface area contributed by atoms with Crippen LogP contribution in [-0.2, 0) is 6.54 Å². The van der Waals surface area contributed by atoms with Crippen molar-refractivity contribution in [3.63, 3.8) is 0 Å². The van der Waals surface area contributed by atoms with Crippen molar-refractivity contribution in [1.82, 2.24) is 14.5 Å². The van der Waals surface area contributed by atoms with Crippen LogP contribution in [0.25, 0.3) is 0 Å². The van der Waals surface area contributed by atoms with Crippen LogP contribution in [0.15, 0.2) is 24.5 Å². The zero-order chi connectivity index (χ0) is 15.7. The van der Waals surface area contributed by atoms with Gasteiger partial charge < -0.3 is 9.47 Å². The number of imidazole rings is 1. The quantitative estimate of drug-likeness (QED) is 0.815. The summed E-state index contributed by atoms with van der Waals surface area (Å²) >= 11 is 1.29. The van der Waals surface area contributed by atoms with E-state index in [1.807, 2.05) is 18.0 Å². The molecule has 2 aromatic rings. The average molecular weight is 317 g/mol. The highest BCUT2D eigenvalue weighted by Crippen LogP contribution is 2.25. The maximum atomic E-state index is 12.7. The van der Waals surface area contributed by atoms with E-state index in [4.69, 9.17) is 0 Å². The molecule has 0 radical (unpaired) electrons. The van der Waals surface area contributed by atoms with Crippen molar-refractivity contribution in [2.75, 3.05) is 6.54 Å². The minimum atomic E-state index is 0.0102. The van der Waals surface area contributed by atoms with Crippen LogP contribution in [0.5, 0.6) is 0 Å². The minimum absolute atomic E-state index is 0.0102. The Balaban J connectivity index is 1.75. The maximum Gasteiger partial charge on any atom is 0.264 e.